The van der Waals surface area contributed by atoms with E-state index in [1.54, 1.807) is 0 Å². The maximum atomic E-state index is 9.96. The highest BCUT2D eigenvalue weighted by atomic mass is 15.2. The molecule has 0 aliphatic heterocycles. The van der Waals surface area contributed by atoms with E-state index in [-0.39, 0.29) is 0 Å². The SMILES string of the molecule is N#Cc1ccc2c(c1)-c1ccccc1-c1cc(-n3c4ccccc4n4c5ccccc5nc34)ccc1-c1ccn(-c3ccccc3)c1-2. The molecule has 0 spiro atoms. The lowest BCUT2D eigenvalue weighted by Crippen LogP contribution is -2.02. The van der Waals surface area contributed by atoms with E-state index in [0.29, 0.717) is 5.56 Å². The zero-order valence-electron chi connectivity index (χ0n) is 25.2. The molecule has 9 aromatic rings. The summed E-state index contributed by atoms with van der Waals surface area (Å²) in [5.41, 5.74) is 15.9. The van der Waals surface area contributed by atoms with Crippen LogP contribution in [0.25, 0.3) is 83.9 Å². The number of imidazole rings is 2. The second kappa shape index (κ2) is 9.68. The number of nitriles is 1. The number of fused-ring (bicyclic) bond motifs is 13. The van der Waals surface area contributed by atoms with E-state index in [1.807, 2.05) is 24.3 Å². The van der Waals surface area contributed by atoms with E-state index < -0.39 is 0 Å². The van der Waals surface area contributed by atoms with Gasteiger partial charge in [-0.05, 0) is 94.5 Å². The van der Waals surface area contributed by atoms with Crippen LogP contribution < -0.4 is 0 Å². The molecule has 218 valence electrons. The van der Waals surface area contributed by atoms with Crippen LogP contribution in [-0.2, 0) is 0 Å². The lowest BCUT2D eigenvalue weighted by molar-refractivity contribution is 1.09. The van der Waals surface area contributed by atoms with Crippen LogP contribution in [0.4, 0.5) is 0 Å². The van der Waals surface area contributed by atoms with Crippen LogP contribution in [0.3, 0.4) is 0 Å². The average Bonchev–Trinajstić information content (AvgIpc) is 3.82. The summed E-state index contributed by atoms with van der Waals surface area (Å²) in [5, 5.41) is 9.96. The number of hydrogen-bond acceptors (Lipinski definition) is 2. The van der Waals surface area contributed by atoms with Gasteiger partial charge in [-0.2, -0.15) is 5.26 Å². The van der Waals surface area contributed by atoms with Crippen molar-refractivity contribution < 1.29 is 0 Å². The van der Waals surface area contributed by atoms with Gasteiger partial charge >= 0.3 is 0 Å². The minimum Gasteiger partial charge on any atom is -0.316 e. The molecule has 0 saturated carbocycles. The highest BCUT2D eigenvalue weighted by molar-refractivity contribution is 6.04. The number of nitrogens with zero attached hydrogens (tertiary/aromatic N) is 5. The molecule has 0 amide bonds. The van der Waals surface area contributed by atoms with E-state index in [0.717, 1.165) is 83.9 Å². The third-order valence-electron chi connectivity index (χ3n) is 9.49. The molecular weight excluding hydrogens is 574 g/mol. The Morgan fingerprint density at radius 2 is 1.15 bits per heavy atom. The van der Waals surface area contributed by atoms with Crippen molar-refractivity contribution in [1.82, 2.24) is 18.5 Å². The maximum absolute atomic E-state index is 9.96. The summed E-state index contributed by atoms with van der Waals surface area (Å²) >= 11 is 0. The first-order valence-corrected chi connectivity index (χ1v) is 15.7. The molecule has 47 heavy (non-hydrogen) atoms. The highest BCUT2D eigenvalue weighted by Gasteiger charge is 2.26. The summed E-state index contributed by atoms with van der Waals surface area (Å²) in [5.74, 6) is 0.881. The van der Waals surface area contributed by atoms with Gasteiger partial charge < -0.3 is 4.57 Å². The smallest absolute Gasteiger partial charge is 0.220 e. The molecule has 10 rings (SSSR count). The highest BCUT2D eigenvalue weighted by Crippen LogP contribution is 2.49. The number of para-hydroxylation sites is 5. The number of hydrogen-bond donors (Lipinski definition) is 0. The molecule has 1 aliphatic carbocycles. The fourth-order valence-electron chi connectivity index (χ4n) is 7.46. The Morgan fingerprint density at radius 1 is 0.489 bits per heavy atom. The molecular formula is C42H25N5. The number of aromatic nitrogens is 4. The Balaban J connectivity index is 1.32. The number of rotatable bonds is 2. The van der Waals surface area contributed by atoms with Crippen molar-refractivity contribution in [1.29, 1.82) is 5.26 Å². The maximum Gasteiger partial charge on any atom is 0.220 e. The Morgan fingerprint density at radius 3 is 1.96 bits per heavy atom. The summed E-state index contributed by atoms with van der Waals surface area (Å²) in [7, 11) is 0. The van der Waals surface area contributed by atoms with Crippen molar-refractivity contribution in [2.24, 2.45) is 0 Å². The molecule has 0 radical (unpaired) electrons. The quantitative estimate of drug-likeness (QED) is 0.199. The molecule has 3 heterocycles. The topological polar surface area (TPSA) is 50.9 Å². The molecule has 6 aromatic carbocycles. The lowest BCUT2D eigenvalue weighted by atomic mass is 9.82. The van der Waals surface area contributed by atoms with Gasteiger partial charge in [0.25, 0.3) is 0 Å². The van der Waals surface area contributed by atoms with Crippen LogP contribution in [0.5, 0.6) is 0 Å². The first-order valence-electron chi connectivity index (χ1n) is 15.7. The van der Waals surface area contributed by atoms with Gasteiger partial charge in [0.2, 0.25) is 5.78 Å². The normalized spacial score (nSPS) is 11.8. The Labute approximate surface area is 270 Å². The minimum absolute atomic E-state index is 0.639. The summed E-state index contributed by atoms with van der Waals surface area (Å²) in [4.78, 5) is 5.13. The predicted molar refractivity (Wildman–Crippen MR) is 189 cm³/mol. The van der Waals surface area contributed by atoms with Crippen LogP contribution in [0.15, 0.2) is 152 Å². The van der Waals surface area contributed by atoms with E-state index in [2.05, 4.69) is 147 Å². The predicted octanol–water partition coefficient (Wildman–Crippen LogP) is 10.1. The molecule has 0 N–H and O–H groups in total. The van der Waals surface area contributed by atoms with Crippen LogP contribution in [0.1, 0.15) is 5.56 Å². The van der Waals surface area contributed by atoms with E-state index >= 15 is 0 Å². The molecule has 0 saturated heterocycles. The van der Waals surface area contributed by atoms with Gasteiger partial charge in [0.05, 0.1) is 39.4 Å². The first-order chi connectivity index (χ1) is 23.3. The second-order valence-electron chi connectivity index (χ2n) is 12.0. The van der Waals surface area contributed by atoms with Gasteiger partial charge in [0.1, 0.15) is 0 Å². The molecule has 0 fully saturated rings. The van der Waals surface area contributed by atoms with Crippen LogP contribution in [0, 0.1) is 11.3 Å². The monoisotopic (exact) mass is 599 g/mol. The standard InChI is InChI=1S/C42H25N5/c43-26-27-18-20-33-35(24-27)30-12-4-5-13-31(30)36-25-29(19-21-32(36)34-22-23-45(41(33)34)28-10-2-1-3-11-28)46-39-16-8-9-17-40(39)47-38-15-7-6-14-37(38)44-42(46)47/h1-25H. The van der Waals surface area contributed by atoms with Crippen molar-refractivity contribution in [2.75, 3.05) is 0 Å². The lowest BCUT2D eigenvalue weighted by Gasteiger charge is -2.23. The molecule has 0 unspecified atom stereocenters. The Kier molecular flexibility index (Phi) is 5.28. The molecule has 0 bridgehead atoms. The fourth-order valence-corrected chi connectivity index (χ4v) is 7.46. The van der Waals surface area contributed by atoms with Gasteiger partial charge in [0, 0.05) is 28.7 Å². The van der Waals surface area contributed by atoms with E-state index in [1.165, 1.54) is 0 Å². The molecule has 5 nitrogen and oxygen atoms in total. The molecule has 3 aromatic heterocycles. The zero-order chi connectivity index (χ0) is 31.1. The fraction of sp³-hybridized carbons (Fsp3) is 0. The van der Waals surface area contributed by atoms with Gasteiger partial charge in [-0.3, -0.25) is 8.97 Å². The van der Waals surface area contributed by atoms with Crippen LogP contribution >= 0.6 is 0 Å². The van der Waals surface area contributed by atoms with E-state index in [9.17, 15) is 5.26 Å². The van der Waals surface area contributed by atoms with E-state index in [4.69, 9.17) is 4.98 Å². The molecule has 5 heteroatoms. The average molecular weight is 600 g/mol. The second-order valence-corrected chi connectivity index (χ2v) is 12.0. The van der Waals surface area contributed by atoms with Crippen molar-refractivity contribution in [3.8, 4) is 62.1 Å². The Hall–Kier alpha value is -6.64. The third-order valence-corrected chi connectivity index (χ3v) is 9.49. The zero-order valence-corrected chi connectivity index (χ0v) is 25.2. The minimum atomic E-state index is 0.639. The summed E-state index contributed by atoms with van der Waals surface area (Å²) in [6, 6.07) is 53.3. The van der Waals surface area contributed by atoms with Crippen molar-refractivity contribution in [3.05, 3.63) is 157 Å². The summed E-state index contributed by atoms with van der Waals surface area (Å²) < 4.78 is 6.80. The van der Waals surface area contributed by atoms with Crippen molar-refractivity contribution in [3.63, 3.8) is 0 Å². The van der Waals surface area contributed by atoms with Crippen LogP contribution in [-0.4, -0.2) is 18.5 Å². The van der Waals surface area contributed by atoms with Crippen molar-refractivity contribution in [2.45, 2.75) is 0 Å². The first kappa shape index (κ1) is 25.7. The van der Waals surface area contributed by atoms with Gasteiger partial charge in [0.15, 0.2) is 0 Å². The van der Waals surface area contributed by atoms with Gasteiger partial charge in [-0.15, -0.1) is 0 Å². The van der Waals surface area contributed by atoms with Gasteiger partial charge in [-0.1, -0.05) is 78.9 Å². The molecule has 0 atom stereocenters. The van der Waals surface area contributed by atoms with Crippen LogP contribution in [0.2, 0.25) is 0 Å². The molecule has 1 aliphatic rings. The van der Waals surface area contributed by atoms with Crippen molar-refractivity contribution >= 4 is 27.8 Å². The Bertz CT molecular complexity index is 2750. The third kappa shape index (κ3) is 3.61. The largest absolute Gasteiger partial charge is 0.316 e. The summed E-state index contributed by atoms with van der Waals surface area (Å²) in [6.07, 6.45) is 2.16. The van der Waals surface area contributed by atoms with Gasteiger partial charge in [-0.25, -0.2) is 4.98 Å². The number of benzene rings is 6. The summed E-state index contributed by atoms with van der Waals surface area (Å²) in [6.45, 7) is 0.